The first-order valence-electron chi connectivity index (χ1n) is 5.82. The minimum atomic E-state index is -4.51. The zero-order valence-corrected chi connectivity index (χ0v) is 10.7. The molecule has 0 fully saturated rings. The van der Waals surface area contributed by atoms with E-state index in [0.29, 0.717) is 0 Å². The molecular formula is C12H15F3N2O2. The largest absolute Gasteiger partial charge is 0.465 e. The third-order valence-electron chi connectivity index (χ3n) is 2.40. The van der Waals surface area contributed by atoms with Crippen molar-refractivity contribution in [1.82, 2.24) is 4.98 Å². The SMILES string of the molecule is CCOC(=O)CN(CC)c1ncccc1C(F)(F)F. The maximum Gasteiger partial charge on any atom is 0.419 e. The van der Waals surface area contributed by atoms with Gasteiger partial charge in [-0.1, -0.05) is 0 Å². The van der Waals surface area contributed by atoms with Crippen LogP contribution < -0.4 is 4.90 Å². The second-order valence-electron chi connectivity index (χ2n) is 3.69. The molecule has 7 heteroatoms. The minimum Gasteiger partial charge on any atom is -0.465 e. The van der Waals surface area contributed by atoms with Crippen molar-refractivity contribution in [1.29, 1.82) is 0 Å². The summed E-state index contributed by atoms with van der Waals surface area (Å²) in [4.78, 5) is 16.3. The van der Waals surface area contributed by atoms with Crippen LogP contribution in [0.4, 0.5) is 19.0 Å². The predicted octanol–water partition coefficient (Wildman–Crippen LogP) is 2.49. The van der Waals surface area contributed by atoms with E-state index in [0.717, 1.165) is 6.07 Å². The second kappa shape index (κ2) is 6.40. The number of rotatable bonds is 5. The molecule has 1 aromatic heterocycles. The van der Waals surface area contributed by atoms with Crippen molar-refractivity contribution >= 4 is 11.8 Å². The summed E-state index contributed by atoms with van der Waals surface area (Å²) in [6, 6.07) is 2.15. The summed E-state index contributed by atoms with van der Waals surface area (Å²) in [5.41, 5.74) is -0.860. The quantitative estimate of drug-likeness (QED) is 0.775. The number of halogens is 3. The molecule has 19 heavy (non-hydrogen) atoms. The number of hydrogen-bond donors (Lipinski definition) is 0. The lowest BCUT2D eigenvalue weighted by Crippen LogP contribution is -2.33. The van der Waals surface area contributed by atoms with Gasteiger partial charge in [-0.3, -0.25) is 4.79 Å². The molecule has 1 aromatic rings. The van der Waals surface area contributed by atoms with Crippen LogP contribution in [-0.4, -0.2) is 30.6 Å². The molecule has 106 valence electrons. The van der Waals surface area contributed by atoms with Gasteiger partial charge in [0.15, 0.2) is 0 Å². The Hall–Kier alpha value is -1.79. The summed E-state index contributed by atoms with van der Waals surface area (Å²) in [6.45, 7) is 3.43. The van der Waals surface area contributed by atoms with Crippen LogP contribution in [0.15, 0.2) is 18.3 Å². The van der Waals surface area contributed by atoms with E-state index in [1.807, 2.05) is 0 Å². The van der Waals surface area contributed by atoms with Crippen LogP contribution in [0.2, 0.25) is 0 Å². The molecule has 1 rings (SSSR count). The van der Waals surface area contributed by atoms with E-state index in [1.165, 1.54) is 17.2 Å². The van der Waals surface area contributed by atoms with E-state index < -0.39 is 17.7 Å². The number of likely N-dealkylation sites (N-methyl/N-ethyl adjacent to an activating group) is 1. The number of alkyl halides is 3. The van der Waals surface area contributed by atoms with Crippen LogP contribution >= 0.6 is 0 Å². The molecule has 0 bridgehead atoms. The molecule has 0 aliphatic rings. The number of nitrogens with zero attached hydrogens (tertiary/aromatic N) is 2. The third-order valence-corrected chi connectivity index (χ3v) is 2.40. The molecule has 0 aromatic carbocycles. The van der Waals surface area contributed by atoms with Crippen LogP contribution in [0.3, 0.4) is 0 Å². The Kier molecular flexibility index (Phi) is 5.14. The number of anilines is 1. The van der Waals surface area contributed by atoms with E-state index in [4.69, 9.17) is 4.74 Å². The molecule has 0 unspecified atom stereocenters. The van der Waals surface area contributed by atoms with Crippen LogP contribution in [0.25, 0.3) is 0 Å². The number of pyridine rings is 1. The molecular weight excluding hydrogens is 261 g/mol. The Morgan fingerprint density at radius 1 is 1.42 bits per heavy atom. The first-order valence-corrected chi connectivity index (χ1v) is 5.82. The summed E-state index contributed by atoms with van der Waals surface area (Å²) in [5, 5.41) is 0. The van der Waals surface area contributed by atoms with Gasteiger partial charge in [0.25, 0.3) is 0 Å². The lowest BCUT2D eigenvalue weighted by molar-refractivity contribution is -0.142. The topological polar surface area (TPSA) is 42.4 Å². The molecule has 0 aliphatic carbocycles. The van der Waals surface area contributed by atoms with Gasteiger partial charge in [-0.25, -0.2) is 4.98 Å². The summed E-state index contributed by atoms with van der Waals surface area (Å²) in [5.74, 6) is -0.839. The molecule has 0 radical (unpaired) electrons. The molecule has 0 aliphatic heterocycles. The van der Waals surface area contributed by atoms with Gasteiger partial charge < -0.3 is 9.64 Å². The van der Waals surface area contributed by atoms with E-state index >= 15 is 0 Å². The van der Waals surface area contributed by atoms with Crippen molar-refractivity contribution < 1.29 is 22.7 Å². The van der Waals surface area contributed by atoms with E-state index in [2.05, 4.69) is 4.98 Å². The monoisotopic (exact) mass is 276 g/mol. The Morgan fingerprint density at radius 2 is 2.11 bits per heavy atom. The number of hydrogen-bond acceptors (Lipinski definition) is 4. The molecule has 0 spiro atoms. The van der Waals surface area contributed by atoms with Gasteiger partial charge >= 0.3 is 12.1 Å². The summed E-state index contributed by atoms with van der Waals surface area (Å²) in [6.07, 6.45) is -3.25. The maximum absolute atomic E-state index is 12.8. The van der Waals surface area contributed by atoms with Crippen molar-refractivity contribution in [2.45, 2.75) is 20.0 Å². The molecule has 4 nitrogen and oxygen atoms in total. The van der Waals surface area contributed by atoms with Crippen LogP contribution in [-0.2, 0) is 15.7 Å². The maximum atomic E-state index is 12.8. The fourth-order valence-corrected chi connectivity index (χ4v) is 1.57. The Morgan fingerprint density at radius 3 is 2.63 bits per heavy atom. The zero-order valence-electron chi connectivity index (χ0n) is 10.7. The number of aromatic nitrogens is 1. The minimum absolute atomic E-state index is 0.185. The van der Waals surface area contributed by atoms with Crippen molar-refractivity contribution in [3.63, 3.8) is 0 Å². The highest BCUT2D eigenvalue weighted by molar-refractivity contribution is 5.75. The standard InChI is InChI=1S/C12H15F3N2O2/c1-3-17(8-10(18)19-4-2)11-9(12(13,14)15)6-5-7-16-11/h5-7H,3-4,8H2,1-2H3. The normalized spacial score (nSPS) is 11.2. The molecule has 0 N–H and O–H groups in total. The first-order chi connectivity index (χ1) is 8.90. The first kappa shape index (κ1) is 15.3. The van der Waals surface area contributed by atoms with Gasteiger partial charge in [-0.05, 0) is 26.0 Å². The molecule has 1 heterocycles. The van der Waals surface area contributed by atoms with Crippen molar-refractivity contribution in [3.8, 4) is 0 Å². The number of ether oxygens (including phenoxy) is 1. The predicted molar refractivity (Wildman–Crippen MR) is 63.8 cm³/mol. The van der Waals surface area contributed by atoms with Gasteiger partial charge in [0, 0.05) is 12.7 Å². The average Bonchev–Trinajstić information content (AvgIpc) is 2.35. The van der Waals surface area contributed by atoms with Crippen molar-refractivity contribution in [2.24, 2.45) is 0 Å². The van der Waals surface area contributed by atoms with Gasteiger partial charge in [0.1, 0.15) is 12.4 Å². The fourth-order valence-electron chi connectivity index (χ4n) is 1.57. The summed E-state index contributed by atoms with van der Waals surface area (Å²) < 4.78 is 43.3. The number of esters is 1. The van der Waals surface area contributed by atoms with Gasteiger partial charge in [-0.2, -0.15) is 13.2 Å². The Balaban J connectivity index is 3.02. The molecule has 0 atom stereocenters. The lowest BCUT2D eigenvalue weighted by Gasteiger charge is -2.23. The van der Waals surface area contributed by atoms with Crippen LogP contribution in [0.5, 0.6) is 0 Å². The van der Waals surface area contributed by atoms with Crippen LogP contribution in [0, 0.1) is 0 Å². The fraction of sp³-hybridized carbons (Fsp3) is 0.500. The van der Waals surface area contributed by atoms with Gasteiger partial charge in [0.05, 0.1) is 12.2 Å². The Labute approximate surface area is 109 Å². The molecule has 0 saturated heterocycles. The van der Waals surface area contributed by atoms with Crippen molar-refractivity contribution in [3.05, 3.63) is 23.9 Å². The second-order valence-corrected chi connectivity index (χ2v) is 3.69. The lowest BCUT2D eigenvalue weighted by atomic mass is 10.2. The highest BCUT2D eigenvalue weighted by Gasteiger charge is 2.35. The van der Waals surface area contributed by atoms with E-state index in [9.17, 15) is 18.0 Å². The smallest absolute Gasteiger partial charge is 0.419 e. The number of carbonyl (C=O) groups is 1. The highest BCUT2D eigenvalue weighted by Crippen LogP contribution is 2.34. The van der Waals surface area contributed by atoms with E-state index in [-0.39, 0.29) is 25.5 Å². The van der Waals surface area contributed by atoms with Gasteiger partial charge in [0.2, 0.25) is 0 Å². The average molecular weight is 276 g/mol. The third kappa shape index (κ3) is 4.11. The summed E-state index contributed by atoms with van der Waals surface area (Å²) in [7, 11) is 0. The van der Waals surface area contributed by atoms with Crippen LogP contribution in [0.1, 0.15) is 19.4 Å². The highest BCUT2D eigenvalue weighted by atomic mass is 19.4. The van der Waals surface area contributed by atoms with Gasteiger partial charge in [-0.15, -0.1) is 0 Å². The Bertz CT molecular complexity index is 435. The van der Waals surface area contributed by atoms with Crippen molar-refractivity contribution in [2.75, 3.05) is 24.6 Å². The number of carbonyl (C=O) groups excluding carboxylic acids is 1. The molecule has 0 amide bonds. The van der Waals surface area contributed by atoms with E-state index in [1.54, 1.807) is 13.8 Å². The molecule has 0 saturated carbocycles. The summed E-state index contributed by atoms with van der Waals surface area (Å²) >= 11 is 0. The zero-order chi connectivity index (χ0) is 14.5.